The Morgan fingerprint density at radius 3 is 1.17 bits per heavy atom. The van der Waals surface area contributed by atoms with E-state index in [1.54, 1.807) is 13.8 Å². The molecule has 0 unspecified atom stereocenters. The SMILES string of the molecule is Cc1nc(CSSCc2nc(C)c(O)c(CO)c2CO)c(CO)c(CO)c1O.Cl.Cl. The molecule has 0 fully saturated rings. The number of rotatable bonds is 9. The average Bonchev–Trinajstić information content (AvgIpc) is 2.69. The second-order valence-electron chi connectivity index (χ2n) is 6.06. The van der Waals surface area contributed by atoms with Crippen molar-refractivity contribution in [3.8, 4) is 11.5 Å². The Balaban J connectivity index is 0.00000420. The molecule has 0 aromatic carbocycles. The summed E-state index contributed by atoms with van der Waals surface area (Å²) in [5.41, 5.74) is 3.30. The Labute approximate surface area is 195 Å². The third kappa shape index (κ3) is 6.27. The van der Waals surface area contributed by atoms with E-state index < -0.39 is 13.2 Å². The van der Waals surface area contributed by atoms with E-state index in [-0.39, 0.29) is 60.7 Å². The lowest BCUT2D eigenvalue weighted by molar-refractivity contribution is 0.253. The van der Waals surface area contributed by atoms with Gasteiger partial charge in [0, 0.05) is 33.8 Å². The minimum absolute atomic E-state index is 0. The molecule has 0 spiro atoms. The molecule has 30 heavy (non-hydrogen) atoms. The van der Waals surface area contributed by atoms with Crippen LogP contribution >= 0.6 is 46.4 Å². The molecule has 170 valence electrons. The van der Waals surface area contributed by atoms with Crippen molar-refractivity contribution in [3.05, 3.63) is 45.0 Å². The van der Waals surface area contributed by atoms with Crippen LogP contribution in [-0.4, -0.2) is 40.6 Å². The first kappa shape index (κ1) is 29.0. The molecule has 0 aliphatic carbocycles. The van der Waals surface area contributed by atoms with Crippen molar-refractivity contribution >= 4 is 46.4 Å². The smallest absolute Gasteiger partial charge is 0.142 e. The van der Waals surface area contributed by atoms with Crippen LogP contribution in [0.5, 0.6) is 11.5 Å². The molecule has 0 saturated heterocycles. The number of halogens is 2. The van der Waals surface area contributed by atoms with Crippen LogP contribution in [-0.2, 0) is 37.9 Å². The molecule has 0 aliphatic heterocycles. The van der Waals surface area contributed by atoms with Crippen molar-refractivity contribution in [1.82, 2.24) is 9.97 Å². The summed E-state index contributed by atoms with van der Waals surface area (Å²) in [6.07, 6.45) is 0. The highest BCUT2D eigenvalue weighted by Crippen LogP contribution is 2.35. The number of aryl methyl sites for hydroxylation is 2. The van der Waals surface area contributed by atoms with Gasteiger partial charge in [-0.1, -0.05) is 21.6 Å². The largest absolute Gasteiger partial charge is 0.506 e. The second-order valence-corrected chi connectivity index (χ2v) is 8.52. The Morgan fingerprint density at radius 1 is 0.600 bits per heavy atom. The highest BCUT2D eigenvalue weighted by atomic mass is 35.5. The van der Waals surface area contributed by atoms with Crippen LogP contribution in [0.2, 0.25) is 0 Å². The molecule has 0 saturated carbocycles. The maximum Gasteiger partial charge on any atom is 0.142 e. The number of pyridine rings is 2. The van der Waals surface area contributed by atoms with E-state index in [1.165, 1.54) is 21.6 Å². The Morgan fingerprint density at radius 2 is 0.900 bits per heavy atom. The van der Waals surface area contributed by atoms with Gasteiger partial charge in [0.25, 0.3) is 0 Å². The Hall–Kier alpha value is -0.980. The third-order valence-electron chi connectivity index (χ3n) is 4.39. The van der Waals surface area contributed by atoms with Crippen LogP contribution in [0.25, 0.3) is 0 Å². The molecule has 8 nitrogen and oxygen atoms in total. The lowest BCUT2D eigenvalue weighted by Crippen LogP contribution is -2.06. The van der Waals surface area contributed by atoms with E-state index in [1.807, 2.05) is 0 Å². The summed E-state index contributed by atoms with van der Waals surface area (Å²) < 4.78 is 0. The summed E-state index contributed by atoms with van der Waals surface area (Å²) >= 11 is 0. The van der Waals surface area contributed by atoms with Gasteiger partial charge >= 0.3 is 0 Å². The van der Waals surface area contributed by atoms with E-state index in [4.69, 9.17) is 0 Å². The van der Waals surface area contributed by atoms with Gasteiger partial charge in [-0.25, -0.2) is 0 Å². The minimum atomic E-state index is -0.392. The van der Waals surface area contributed by atoms with Crippen LogP contribution in [0.3, 0.4) is 0 Å². The number of aromatic nitrogens is 2. The molecule has 0 aliphatic rings. The summed E-state index contributed by atoms with van der Waals surface area (Å²) in [4.78, 5) is 8.61. The van der Waals surface area contributed by atoms with E-state index in [0.717, 1.165) is 0 Å². The third-order valence-corrected chi connectivity index (χ3v) is 6.55. The molecule has 0 radical (unpaired) electrons. The van der Waals surface area contributed by atoms with Crippen molar-refractivity contribution in [2.45, 2.75) is 51.8 Å². The monoisotopic (exact) mass is 500 g/mol. The number of nitrogens with zero attached hydrogens (tertiary/aromatic N) is 2. The predicted molar refractivity (Wildman–Crippen MR) is 122 cm³/mol. The van der Waals surface area contributed by atoms with E-state index in [2.05, 4.69) is 9.97 Å². The Bertz CT molecular complexity index is 789. The van der Waals surface area contributed by atoms with Gasteiger partial charge < -0.3 is 30.6 Å². The zero-order valence-corrected chi connectivity index (χ0v) is 19.7. The van der Waals surface area contributed by atoms with Crippen molar-refractivity contribution in [2.24, 2.45) is 0 Å². The molecule has 0 bridgehead atoms. The van der Waals surface area contributed by atoms with Gasteiger partial charge in [0.1, 0.15) is 11.5 Å². The highest BCUT2D eigenvalue weighted by Gasteiger charge is 2.18. The number of aliphatic hydroxyl groups excluding tert-OH is 4. The van der Waals surface area contributed by atoms with Gasteiger partial charge in [-0.3, -0.25) is 9.97 Å². The summed E-state index contributed by atoms with van der Waals surface area (Å²) in [6, 6.07) is 0. The fourth-order valence-corrected chi connectivity index (χ4v) is 4.90. The summed E-state index contributed by atoms with van der Waals surface area (Å²) in [5.74, 6) is 0.627. The number of aliphatic hydroxyl groups is 4. The lowest BCUT2D eigenvalue weighted by Gasteiger charge is -2.15. The molecule has 0 atom stereocenters. The van der Waals surface area contributed by atoms with E-state index >= 15 is 0 Å². The maximum absolute atomic E-state index is 9.99. The topological polar surface area (TPSA) is 147 Å². The first-order valence-corrected chi connectivity index (χ1v) is 11.0. The van der Waals surface area contributed by atoms with Gasteiger partial charge in [0.05, 0.1) is 49.2 Å². The van der Waals surface area contributed by atoms with Crippen molar-refractivity contribution in [1.29, 1.82) is 0 Å². The number of hydrogen-bond donors (Lipinski definition) is 6. The van der Waals surface area contributed by atoms with Crippen LogP contribution < -0.4 is 0 Å². The zero-order chi connectivity index (χ0) is 20.8. The van der Waals surface area contributed by atoms with Crippen LogP contribution in [0.15, 0.2) is 0 Å². The van der Waals surface area contributed by atoms with Crippen molar-refractivity contribution < 1.29 is 30.6 Å². The molecular weight excluding hydrogens is 475 g/mol. The molecule has 0 amide bonds. The number of hydrogen-bond acceptors (Lipinski definition) is 10. The van der Waals surface area contributed by atoms with Gasteiger partial charge in [0.2, 0.25) is 0 Å². The maximum atomic E-state index is 9.99. The van der Waals surface area contributed by atoms with Crippen molar-refractivity contribution in [3.63, 3.8) is 0 Å². The van der Waals surface area contributed by atoms with Gasteiger partial charge in [-0.15, -0.1) is 24.8 Å². The lowest BCUT2D eigenvalue weighted by atomic mass is 10.1. The van der Waals surface area contributed by atoms with Crippen LogP contribution in [0.1, 0.15) is 45.0 Å². The Kier molecular flexibility index (Phi) is 13.0. The standard InChI is InChI=1S/C18H24N2O6S2.2ClH/c1-9-17(25)13(5-23)11(3-21)15(19-9)7-27-28-8-16-12(4-22)14(6-24)18(26)10(2)20-16;;/h21-26H,3-8H2,1-2H3;2*1H. The summed E-state index contributed by atoms with van der Waals surface area (Å²) in [5, 5.41) is 58.1. The fraction of sp³-hybridized carbons (Fsp3) is 0.444. The quantitative estimate of drug-likeness (QED) is 0.224. The molecule has 2 aromatic heterocycles. The zero-order valence-electron chi connectivity index (χ0n) is 16.5. The van der Waals surface area contributed by atoms with Gasteiger partial charge in [-0.2, -0.15) is 0 Å². The molecular formula is C18H26Cl2N2O6S2. The average molecular weight is 501 g/mol. The normalized spacial score (nSPS) is 10.5. The van der Waals surface area contributed by atoms with Crippen LogP contribution in [0, 0.1) is 13.8 Å². The molecule has 6 N–H and O–H groups in total. The second kappa shape index (κ2) is 13.4. The molecule has 12 heteroatoms. The molecule has 2 heterocycles. The fourth-order valence-electron chi connectivity index (χ4n) is 2.86. The molecule has 2 rings (SSSR count). The van der Waals surface area contributed by atoms with E-state index in [9.17, 15) is 30.6 Å². The number of aromatic hydroxyl groups is 2. The van der Waals surface area contributed by atoms with Gasteiger partial charge in [-0.05, 0) is 13.8 Å². The molecule has 2 aromatic rings. The van der Waals surface area contributed by atoms with E-state index in [0.29, 0.717) is 45.4 Å². The first-order chi connectivity index (χ1) is 13.4. The highest BCUT2D eigenvalue weighted by molar-refractivity contribution is 8.76. The summed E-state index contributed by atoms with van der Waals surface area (Å²) in [7, 11) is 2.88. The summed E-state index contributed by atoms with van der Waals surface area (Å²) in [6.45, 7) is 1.79. The van der Waals surface area contributed by atoms with Crippen LogP contribution in [0.4, 0.5) is 0 Å². The van der Waals surface area contributed by atoms with Crippen molar-refractivity contribution in [2.75, 3.05) is 0 Å². The van der Waals surface area contributed by atoms with Gasteiger partial charge in [0.15, 0.2) is 0 Å². The predicted octanol–water partition coefficient (Wildman–Crippen LogP) is 2.40. The first-order valence-electron chi connectivity index (χ1n) is 8.47. The minimum Gasteiger partial charge on any atom is -0.506 e.